The van der Waals surface area contributed by atoms with Crippen LogP contribution in [-0.2, 0) is 11.0 Å². The van der Waals surface area contributed by atoms with E-state index in [1.807, 2.05) is 24.3 Å². The van der Waals surface area contributed by atoms with E-state index in [0.717, 1.165) is 75.0 Å². The second kappa shape index (κ2) is 12.8. The van der Waals surface area contributed by atoms with Crippen molar-refractivity contribution in [3.05, 3.63) is 155 Å². The maximum atomic E-state index is 7.78. The summed E-state index contributed by atoms with van der Waals surface area (Å²) in [4.78, 5) is 2.51. The highest BCUT2D eigenvalue weighted by Crippen LogP contribution is 2.61. The lowest BCUT2D eigenvalue weighted by atomic mass is 9.73. The molecule has 0 N–H and O–H groups in total. The summed E-state index contributed by atoms with van der Waals surface area (Å²) in [5, 5.41) is 2.22. The summed E-state index contributed by atoms with van der Waals surface area (Å²) in [6.07, 6.45) is 5.97. The summed E-state index contributed by atoms with van der Waals surface area (Å²) in [6.45, 7) is 6.78. The summed E-state index contributed by atoms with van der Waals surface area (Å²) in [5.74, 6) is 3.31. The molecule has 266 valence electrons. The molecule has 2 heterocycles. The molecule has 0 bridgehead atoms. The number of hydrogen-bond acceptors (Lipinski definition) is 5. The third-order valence-corrected chi connectivity index (χ3v) is 11.8. The number of benzene rings is 6. The zero-order chi connectivity index (χ0) is 36.3. The predicted molar refractivity (Wildman–Crippen MR) is 215 cm³/mol. The molecule has 6 aromatic carbocycles. The van der Waals surface area contributed by atoms with Crippen molar-refractivity contribution in [2.24, 2.45) is 0 Å². The average molecular weight is 700 g/mol. The van der Waals surface area contributed by atoms with Gasteiger partial charge < -0.3 is 23.8 Å². The molecule has 1 aliphatic carbocycles. The van der Waals surface area contributed by atoms with E-state index in [0.29, 0.717) is 0 Å². The predicted octanol–water partition coefficient (Wildman–Crippen LogP) is 10.9. The second-order valence-corrected chi connectivity index (χ2v) is 15.0. The van der Waals surface area contributed by atoms with Crippen LogP contribution < -0.4 is 23.8 Å². The Bertz CT molecular complexity index is 2320. The highest BCUT2D eigenvalue weighted by atomic mass is 16.5. The van der Waals surface area contributed by atoms with Crippen LogP contribution in [0.2, 0.25) is 0 Å². The summed E-state index contributed by atoms with van der Waals surface area (Å²) in [5.41, 5.74) is 10.4. The first-order chi connectivity index (χ1) is 25.9. The number of nitrogens with zero attached hydrogens (tertiary/aromatic N) is 1. The minimum absolute atomic E-state index is 0.299. The highest BCUT2D eigenvalue weighted by molar-refractivity contribution is 6.12. The van der Waals surface area contributed by atoms with Gasteiger partial charge in [0.1, 0.15) is 23.0 Å². The van der Waals surface area contributed by atoms with Crippen molar-refractivity contribution in [2.75, 3.05) is 39.3 Å². The fraction of sp³-hybridized carbons (Fsp3) is 0.250. The first-order valence-electron chi connectivity index (χ1n) is 18.7. The molecule has 5 nitrogen and oxygen atoms in total. The van der Waals surface area contributed by atoms with Gasteiger partial charge in [0.25, 0.3) is 0 Å². The Kier molecular flexibility index (Phi) is 7.99. The van der Waals surface area contributed by atoms with Gasteiger partial charge >= 0.3 is 0 Å². The van der Waals surface area contributed by atoms with Crippen LogP contribution >= 0.6 is 0 Å². The van der Waals surface area contributed by atoms with E-state index in [-0.39, 0.29) is 5.41 Å². The maximum absolute atomic E-state index is 7.78. The fourth-order valence-corrected chi connectivity index (χ4v) is 9.10. The van der Waals surface area contributed by atoms with Crippen LogP contribution in [0.3, 0.4) is 0 Å². The van der Waals surface area contributed by atoms with Gasteiger partial charge in [-0.05, 0) is 101 Å². The number of fused-ring (bicyclic) bond motifs is 8. The van der Waals surface area contributed by atoms with E-state index < -0.39 is 5.60 Å². The molecule has 6 aromatic rings. The maximum Gasteiger partial charge on any atom is 0.178 e. The second-order valence-electron chi connectivity index (χ2n) is 15.0. The molecule has 0 amide bonds. The highest BCUT2D eigenvalue weighted by Gasteiger charge is 2.47. The van der Waals surface area contributed by atoms with Crippen molar-refractivity contribution < 1.29 is 18.9 Å². The molecule has 5 heteroatoms. The Labute approximate surface area is 312 Å². The van der Waals surface area contributed by atoms with Gasteiger partial charge in [-0.15, -0.1) is 0 Å². The first kappa shape index (κ1) is 33.2. The number of piperidine rings is 1. The molecule has 9 rings (SSSR count). The van der Waals surface area contributed by atoms with Gasteiger partial charge in [0.2, 0.25) is 0 Å². The van der Waals surface area contributed by atoms with Crippen molar-refractivity contribution >= 4 is 22.0 Å². The topological polar surface area (TPSA) is 40.2 Å². The van der Waals surface area contributed by atoms with Gasteiger partial charge in [0.15, 0.2) is 5.60 Å². The van der Waals surface area contributed by atoms with Gasteiger partial charge in [-0.1, -0.05) is 92.7 Å². The number of anilines is 1. The number of methoxy groups -OCH3 is 3. The Morgan fingerprint density at radius 2 is 1.25 bits per heavy atom. The largest absolute Gasteiger partial charge is 0.497 e. The summed E-state index contributed by atoms with van der Waals surface area (Å²) in [7, 11) is 5.20. The van der Waals surface area contributed by atoms with Crippen molar-refractivity contribution in [3.8, 4) is 34.1 Å². The van der Waals surface area contributed by atoms with E-state index in [9.17, 15) is 0 Å². The minimum Gasteiger partial charge on any atom is -0.497 e. The van der Waals surface area contributed by atoms with Gasteiger partial charge in [-0.3, -0.25) is 0 Å². The van der Waals surface area contributed by atoms with Crippen LogP contribution in [0.5, 0.6) is 23.0 Å². The lowest BCUT2D eigenvalue weighted by molar-refractivity contribution is 0.162. The molecule has 1 fully saturated rings. The van der Waals surface area contributed by atoms with Gasteiger partial charge in [-0.2, -0.15) is 0 Å². The van der Waals surface area contributed by atoms with Crippen molar-refractivity contribution in [1.29, 1.82) is 0 Å². The lowest BCUT2D eigenvalue weighted by Crippen LogP contribution is -2.36. The molecule has 0 spiro atoms. The zero-order valence-corrected chi connectivity index (χ0v) is 31.2. The molecular weight excluding hydrogens is 655 g/mol. The van der Waals surface area contributed by atoms with Crippen molar-refractivity contribution in [3.63, 3.8) is 0 Å². The summed E-state index contributed by atoms with van der Waals surface area (Å²) in [6, 6.07) is 40.9. The summed E-state index contributed by atoms with van der Waals surface area (Å²) < 4.78 is 25.3. The first-order valence-corrected chi connectivity index (χ1v) is 18.7. The molecular formula is C48H45NO4. The van der Waals surface area contributed by atoms with Crippen LogP contribution in [0, 0.1) is 0 Å². The smallest absolute Gasteiger partial charge is 0.178 e. The molecule has 3 aliphatic rings. The molecule has 0 unspecified atom stereocenters. The minimum atomic E-state index is -0.994. The molecule has 2 aliphatic heterocycles. The van der Waals surface area contributed by atoms with Crippen LogP contribution in [0.4, 0.5) is 5.69 Å². The van der Waals surface area contributed by atoms with Crippen molar-refractivity contribution in [1.82, 2.24) is 0 Å². The molecule has 53 heavy (non-hydrogen) atoms. The Morgan fingerprint density at radius 3 is 1.87 bits per heavy atom. The quantitative estimate of drug-likeness (QED) is 0.166. The lowest BCUT2D eigenvalue weighted by Gasteiger charge is -2.41. The van der Waals surface area contributed by atoms with Crippen LogP contribution in [-0.4, -0.2) is 34.4 Å². The van der Waals surface area contributed by atoms with E-state index in [1.54, 1.807) is 21.3 Å². The van der Waals surface area contributed by atoms with Crippen LogP contribution in [0.1, 0.15) is 66.5 Å². The normalized spacial score (nSPS) is 16.5. The van der Waals surface area contributed by atoms with E-state index in [1.165, 1.54) is 46.9 Å². The fourth-order valence-electron chi connectivity index (χ4n) is 9.10. The third kappa shape index (κ3) is 5.12. The molecule has 0 atom stereocenters. The monoisotopic (exact) mass is 699 g/mol. The number of ether oxygens (including phenoxy) is 4. The Morgan fingerprint density at radius 1 is 0.623 bits per heavy atom. The number of hydrogen-bond donors (Lipinski definition) is 0. The molecule has 0 aromatic heterocycles. The molecule has 0 saturated carbocycles. The van der Waals surface area contributed by atoms with E-state index >= 15 is 0 Å². The average Bonchev–Trinajstić information content (AvgIpc) is 3.47. The Hall–Kier alpha value is -5.68. The molecule has 1 saturated heterocycles. The SMILES string of the molecule is COc1ccc(C2(c3ccc(OC)cc3)C=C(c3ccccc3)c3c4c(c5cc(N6CCCCC6)c(OC)cc5c3O2)-c2ccccc2C4(C)C)cc1. The van der Waals surface area contributed by atoms with Crippen LogP contribution in [0.15, 0.2) is 121 Å². The van der Waals surface area contributed by atoms with E-state index in [4.69, 9.17) is 18.9 Å². The van der Waals surface area contributed by atoms with Crippen LogP contribution in [0.25, 0.3) is 27.5 Å². The Balaban J connectivity index is 1.44. The van der Waals surface area contributed by atoms with Crippen molar-refractivity contribution in [2.45, 2.75) is 44.1 Å². The van der Waals surface area contributed by atoms with E-state index in [2.05, 4.69) is 116 Å². The molecule has 0 radical (unpaired) electrons. The standard InChI is InChI=1S/C48H45NO4/c1-47(2)40-17-11-10-16-36(40)43-37-28-41(49-26-12-7-13-27-49)42(52-5)29-38(37)46-44(45(43)47)39(31-14-8-6-9-15-31)30-48(53-46,32-18-22-34(50-3)23-19-32)33-20-24-35(51-4)25-21-33/h6,8-11,14-25,28-30H,7,12-13,26-27H2,1-5H3. The van der Waals surface area contributed by atoms with Gasteiger partial charge in [-0.25, -0.2) is 0 Å². The van der Waals surface area contributed by atoms with Gasteiger partial charge in [0.05, 0.1) is 27.0 Å². The third-order valence-electron chi connectivity index (χ3n) is 11.8. The van der Waals surface area contributed by atoms with Gasteiger partial charge in [0, 0.05) is 40.6 Å². The zero-order valence-electron chi connectivity index (χ0n) is 31.2. The number of rotatable bonds is 7. The summed E-state index contributed by atoms with van der Waals surface area (Å²) >= 11 is 0.